The molecule has 2 nitrogen and oxygen atoms in total. The van der Waals surface area contributed by atoms with E-state index < -0.39 is 0 Å². The second-order valence-corrected chi connectivity index (χ2v) is 5.48. The Kier molecular flexibility index (Phi) is 7.06. The molecule has 0 spiro atoms. The molecule has 2 unspecified atom stereocenters. The van der Waals surface area contributed by atoms with Crippen LogP contribution >= 0.6 is 0 Å². The number of piperidine rings is 1. The van der Waals surface area contributed by atoms with E-state index in [4.69, 9.17) is 0 Å². The minimum Gasteiger partial charge on any atom is -0.315 e. The number of likely N-dealkylation sites (tertiary alicyclic amines) is 1. The van der Waals surface area contributed by atoms with Crippen LogP contribution in [0.2, 0.25) is 0 Å². The van der Waals surface area contributed by atoms with Crippen molar-refractivity contribution in [1.82, 2.24) is 10.2 Å². The highest BCUT2D eigenvalue weighted by molar-refractivity contribution is 4.73. The van der Waals surface area contributed by atoms with Crippen LogP contribution in [0.5, 0.6) is 0 Å². The second kappa shape index (κ2) is 8.08. The third-order valence-corrected chi connectivity index (χ3v) is 3.79. The first-order chi connectivity index (χ1) is 7.74. The maximum Gasteiger partial charge on any atom is 0.0110 e. The van der Waals surface area contributed by atoms with Crippen molar-refractivity contribution in [2.24, 2.45) is 5.92 Å². The molecule has 16 heavy (non-hydrogen) atoms. The Hall–Kier alpha value is -0.0800. The van der Waals surface area contributed by atoms with E-state index in [9.17, 15) is 0 Å². The van der Waals surface area contributed by atoms with Gasteiger partial charge in [-0.1, -0.05) is 26.7 Å². The maximum atomic E-state index is 3.60. The van der Waals surface area contributed by atoms with Crippen molar-refractivity contribution < 1.29 is 0 Å². The van der Waals surface area contributed by atoms with Crippen LogP contribution in [0.15, 0.2) is 0 Å². The van der Waals surface area contributed by atoms with Gasteiger partial charge in [0.05, 0.1) is 0 Å². The Morgan fingerprint density at radius 1 is 1.38 bits per heavy atom. The molecule has 1 saturated heterocycles. The van der Waals surface area contributed by atoms with Gasteiger partial charge in [0.15, 0.2) is 0 Å². The lowest BCUT2D eigenvalue weighted by atomic mass is 10.0. The van der Waals surface area contributed by atoms with Crippen LogP contribution in [0.3, 0.4) is 0 Å². The normalized spacial score (nSPS) is 24.6. The molecule has 0 bridgehead atoms. The average Bonchev–Trinajstić information content (AvgIpc) is 2.27. The molecule has 0 aromatic carbocycles. The minimum atomic E-state index is 0.809. The predicted octanol–water partition coefficient (Wildman–Crippen LogP) is 2.89. The summed E-state index contributed by atoms with van der Waals surface area (Å²) in [5.41, 5.74) is 0. The molecular weight excluding hydrogens is 196 g/mol. The Bertz CT molecular complexity index is 170. The van der Waals surface area contributed by atoms with E-state index >= 15 is 0 Å². The molecule has 0 aliphatic carbocycles. The highest BCUT2D eigenvalue weighted by atomic mass is 15.2. The lowest BCUT2D eigenvalue weighted by Crippen LogP contribution is -2.41. The van der Waals surface area contributed by atoms with E-state index in [1.165, 1.54) is 58.3 Å². The summed E-state index contributed by atoms with van der Waals surface area (Å²) in [6.45, 7) is 11.9. The molecule has 1 aliphatic rings. The molecule has 0 aromatic heterocycles. The van der Waals surface area contributed by atoms with Crippen molar-refractivity contribution in [3.63, 3.8) is 0 Å². The van der Waals surface area contributed by atoms with Gasteiger partial charge in [0.25, 0.3) is 0 Å². The summed E-state index contributed by atoms with van der Waals surface area (Å²) in [6.07, 6.45) is 6.89. The first-order valence-corrected chi connectivity index (χ1v) is 7.18. The van der Waals surface area contributed by atoms with Crippen LogP contribution in [0.25, 0.3) is 0 Å². The van der Waals surface area contributed by atoms with Crippen LogP contribution in [0.4, 0.5) is 0 Å². The zero-order chi connectivity index (χ0) is 11.8. The van der Waals surface area contributed by atoms with Crippen LogP contribution in [0.1, 0.15) is 52.9 Å². The van der Waals surface area contributed by atoms with E-state index in [0.717, 1.165) is 12.0 Å². The van der Waals surface area contributed by atoms with Gasteiger partial charge >= 0.3 is 0 Å². The predicted molar refractivity (Wildman–Crippen MR) is 71.8 cm³/mol. The van der Waals surface area contributed by atoms with E-state index in [1.54, 1.807) is 0 Å². The number of nitrogens with one attached hydrogen (secondary N) is 1. The molecule has 2 atom stereocenters. The van der Waals surface area contributed by atoms with Crippen molar-refractivity contribution in [2.45, 2.75) is 58.9 Å². The summed E-state index contributed by atoms with van der Waals surface area (Å²) in [5.74, 6) is 0.837. The van der Waals surface area contributed by atoms with E-state index in [0.29, 0.717) is 0 Å². The molecule has 1 aliphatic heterocycles. The quantitative estimate of drug-likeness (QED) is 0.672. The third kappa shape index (κ3) is 5.31. The van der Waals surface area contributed by atoms with Gasteiger partial charge in [0.2, 0.25) is 0 Å². The molecule has 0 aromatic rings. The second-order valence-electron chi connectivity index (χ2n) is 5.48. The monoisotopic (exact) mass is 226 g/mol. The zero-order valence-electron chi connectivity index (χ0n) is 11.5. The Morgan fingerprint density at radius 3 is 2.88 bits per heavy atom. The fourth-order valence-corrected chi connectivity index (χ4v) is 2.66. The summed E-state index contributed by atoms with van der Waals surface area (Å²) >= 11 is 0. The van der Waals surface area contributed by atoms with E-state index in [-0.39, 0.29) is 0 Å². The van der Waals surface area contributed by atoms with E-state index in [1.807, 2.05) is 0 Å². The van der Waals surface area contributed by atoms with Crippen molar-refractivity contribution >= 4 is 0 Å². The fraction of sp³-hybridized carbons (Fsp3) is 1.00. The SMILES string of the molecule is CCCC(C)CNCCN1CCCCC1C. The standard InChI is InChI=1S/C14H30N2/c1-4-7-13(2)12-15-9-11-16-10-6-5-8-14(16)3/h13-15H,4-12H2,1-3H3. The molecular formula is C14H30N2. The zero-order valence-corrected chi connectivity index (χ0v) is 11.5. The summed E-state index contributed by atoms with van der Waals surface area (Å²) in [4.78, 5) is 2.64. The highest BCUT2D eigenvalue weighted by Gasteiger charge is 2.16. The lowest BCUT2D eigenvalue weighted by molar-refractivity contribution is 0.161. The molecule has 96 valence electrons. The molecule has 1 heterocycles. The molecule has 2 heteroatoms. The molecule has 0 saturated carbocycles. The topological polar surface area (TPSA) is 15.3 Å². The van der Waals surface area contributed by atoms with Crippen molar-refractivity contribution in [2.75, 3.05) is 26.2 Å². The maximum absolute atomic E-state index is 3.60. The molecule has 1 fully saturated rings. The smallest absolute Gasteiger partial charge is 0.0110 e. The number of rotatable bonds is 7. The first kappa shape index (κ1) is 14.0. The van der Waals surface area contributed by atoms with Crippen LogP contribution in [-0.4, -0.2) is 37.1 Å². The molecule has 1 rings (SSSR count). The van der Waals surface area contributed by atoms with Gasteiger partial charge in [-0.2, -0.15) is 0 Å². The minimum absolute atomic E-state index is 0.809. The summed E-state index contributed by atoms with van der Waals surface area (Å²) in [5, 5.41) is 3.60. The van der Waals surface area contributed by atoms with E-state index in [2.05, 4.69) is 31.0 Å². The number of hydrogen-bond acceptors (Lipinski definition) is 2. The first-order valence-electron chi connectivity index (χ1n) is 7.18. The van der Waals surface area contributed by atoms with Crippen LogP contribution < -0.4 is 5.32 Å². The van der Waals surface area contributed by atoms with Crippen LogP contribution in [-0.2, 0) is 0 Å². The lowest BCUT2D eigenvalue weighted by Gasteiger charge is -2.33. The Labute approximate surface area is 102 Å². The Morgan fingerprint density at radius 2 is 2.19 bits per heavy atom. The summed E-state index contributed by atoms with van der Waals surface area (Å²) in [6, 6.07) is 0.809. The van der Waals surface area contributed by atoms with Crippen molar-refractivity contribution in [1.29, 1.82) is 0 Å². The van der Waals surface area contributed by atoms with Crippen molar-refractivity contribution in [3.8, 4) is 0 Å². The fourth-order valence-electron chi connectivity index (χ4n) is 2.66. The molecule has 1 N–H and O–H groups in total. The number of hydrogen-bond donors (Lipinski definition) is 1. The third-order valence-electron chi connectivity index (χ3n) is 3.79. The molecule has 0 amide bonds. The highest BCUT2D eigenvalue weighted by Crippen LogP contribution is 2.15. The van der Waals surface area contributed by atoms with Gasteiger partial charge in [-0.15, -0.1) is 0 Å². The molecule has 0 radical (unpaired) electrons. The average molecular weight is 226 g/mol. The van der Waals surface area contributed by atoms with Crippen molar-refractivity contribution in [3.05, 3.63) is 0 Å². The van der Waals surface area contributed by atoms with Gasteiger partial charge in [0, 0.05) is 19.1 Å². The van der Waals surface area contributed by atoms with Gasteiger partial charge in [-0.3, -0.25) is 4.90 Å². The summed E-state index contributed by atoms with van der Waals surface area (Å²) in [7, 11) is 0. The Balaban J connectivity index is 2.01. The summed E-state index contributed by atoms with van der Waals surface area (Å²) < 4.78 is 0. The van der Waals surface area contributed by atoms with Crippen LogP contribution in [0, 0.1) is 5.92 Å². The van der Waals surface area contributed by atoms with Gasteiger partial charge < -0.3 is 5.32 Å². The van der Waals surface area contributed by atoms with Gasteiger partial charge in [-0.05, 0) is 45.2 Å². The largest absolute Gasteiger partial charge is 0.315 e. The van der Waals surface area contributed by atoms with Gasteiger partial charge in [-0.25, -0.2) is 0 Å². The van der Waals surface area contributed by atoms with Gasteiger partial charge in [0.1, 0.15) is 0 Å². The number of nitrogens with zero attached hydrogens (tertiary/aromatic N) is 1.